The fourth-order valence-electron chi connectivity index (χ4n) is 1.60. The molecule has 0 aliphatic rings. The molecule has 0 aliphatic carbocycles. The van der Waals surface area contributed by atoms with Gasteiger partial charge in [-0.1, -0.05) is 11.6 Å². The Morgan fingerprint density at radius 1 is 1.20 bits per heavy atom. The molecule has 20 heavy (non-hydrogen) atoms. The van der Waals surface area contributed by atoms with Crippen molar-refractivity contribution in [3.63, 3.8) is 0 Å². The molecule has 0 saturated carbocycles. The molecule has 0 spiro atoms. The molecule has 0 fully saturated rings. The smallest absolute Gasteiger partial charge is 0.207 e. The summed E-state index contributed by atoms with van der Waals surface area (Å²) >= 11 is 7.01. The molecule has 2 aromatic rings. The lowest BCUT2D eigenvalue weighted by atomic mass is 10.3. The highest BCUT2D eigenvalue weighted by atomic mass is 35.5. The van der Waals surface area contributed by atoms with Crippen molar-refractivity contribution in [3.05, 3.63) is 51.2 Å². The van der Waals surface area contributed by atoms with Gasteiger partial charge < -0.3 is 0 Å². The molecule has 1 aromatic heterocycles. The molecule has 108 valence electrons. The monoisotopic (exact) mass is 337 g/mol. The van der Waals surface area contributed by atoms with Crippen molar-refractivity contribution in [1.82, 2.24) is 4.31 Å². The van der Waals surface area contributed by atoms with E-state index in [1.54, 1.807) is 12.1 Å². The summed E-state index contributed by atoms with van der Waals surface area (Å²) in [5.74, 6) is -1.87. The van der Waals surface area contributed by atoms with Crippen LogP contribution >= 0.6 is 22.9 Å². The summed E-state index contributed by atoms with van der Waals surface area (Å²) in [6.45, 7) is 0.0812. The average molecular weight is 338 g/mol. The zero-order valence-corrected chi connectivity index (χ0v) is 12.7. The van der Waals surface area contributed by atoms with E-state index in [4.69, 9.17) is 11.6 Å². The van der Waals surface area contributed by atoms with E-state index in [0.29, 0.717) is 10.4 Å². The number of rotatable bonds is 4. The second kappa shape index (κ2) is 5.77. The van der Waals surface area contributed by atoms with E-state index >= 15 is 0 Å². The first-order valence-corrected chi connectivity index (χ1v) is 8.09. The summed E-state index contributed by atoms with van der Waals surface area (Å²) in [5.41, 5.74) is 0. The number of hydrogen-bond donors (Lipinski definition) is 0. The average Bonchev–Trinajstić information content (AvgIpc) is 2.73. The Labute approximate surface area is 124 Å². The second-order valence-electron chi connectivity index (χ2n) is 4.07. The van der Waals surface area contributed by atoms with Crippen molar-refractivity contribution in [1.29, 1.82) is 0 Å². The van der Waals surface area contributed by atoms with E-state index in [-0.39, 0.29) is 6.54 Å². The van der Waals surface area contributed by atoms with Crippen LogP contribution in [0.4, 0.5) is 8.78 Å². The van der Waals surface area contributed by atoms with Gasteiger partial charge in [0.15, 0.2) is 0 Å². The zero-order valence-electron chi connectivity index (χ0n) is 10.3. The molecule has 8 heteroatoms. The predicted octanol–water partition coefficient (Wildman–Crippen LogP) is 3.50. The van der Waals surface area contributed by atoms with Gasteiger partial charge in [-0.25, -0.2) is 17.2 Å². The highest BCUT2D eigenvalue weighted by Gasteiger charge is 2.23. The lowest BCUT2D eigenvalue weighted by Gasteiger charge is -2.16. The minimum Gasteiger partial charge on any atom is -0.207 e. The Bertz CT molecular complexity index is 711. The first kappa shape index (κ1) is 15.4. The number of halogens is 3. The molecule has 3 nitrogen and oxygen atoms in total. The van der Waals surface area contributed by atoms with Crippen molar-refractivity contribution in [2.45, 2.75) is 11.4 Å². The summed E-state index contributed by atoms with van der Waals surface area (Å²) in [6, 6.07) is 5.56. The van der Waals surface area contributed by atoms with E-state index in [1.807, 2.05) is 0 Å². The summed E-state index contributed by atoms with van der Waals surface area (Å²) in [4.78, 5) is 0.318. The molecule has 0 bridgehead atoms. The Morgan fingerprint density at radius 2 is 1.80 bits per heavy atom. The van der Waals surface area contributed by atoms with Gasteiger partial charge in [-0.15, -0.1) is 11.3 Å². The zero-order chi connectivity index (χ0) is 14.9. The van der Waals surface area contributed by atoms with Crippen molar-refractivity contribution >= 4 is 33.0 Å². The van der Waals surface area contributed by atoms with Crippen LogP contribution < -0.4 is 0 Å². The predicted molar refractivity (Wildman–Crippen MR) is 74.3 cm³/mol. The van der Waals surface area contributed by atoms with Crippen LogP contribution in [0.3, 0.4) is 0 Å². The number of hydrogen-bond acceptors (Lipinski definition) is 3. The molecule has 0 N–H and O–H groups in total. The van der Waals surface area contributed by atoms with E-state index in [9.17, 15) is 17.2 Å². The number of nitrogens with zero attached hydrogens (tertiary/aromatic N) is 1. The van der Waals surface area contributed by atoms with Crippen molar-refractivity contribution in [3.8, 4) is 0 Å². The normalized spacial score (nSPS) is 12.1. The fourth-order valence-corrected chi connectivity index (χ4v) is 4.01. The maximum atomic E-state index is 13.1. The Balaban J connectivity index is 2.29. The molecule has 0 saturated heterocycles. The highest BCUT2D eigenvalue weighted by molar-refractivity contribution is 7.89. The Kier molecular flexibility index (Phi) is 4.43. The summed E-state index contributed by atoms with van der Waals surface area (Å²) in [6.07, 6.45) is 0. The summed E-state index contributed by atoms with van der Waals surface area (Å²) in [7, 11) is -2.62. The lowest BCUT2D eigenvalue weighted by molar-refractivity contribution is 0.467. The second-order valence-corrected chi connectivity index (χ2v) is 7.92. The quantitative estimate of drug-likeness (QED) is 0.856. The van der Waals surface area contributed by atoms with E-state index in [2.05, 4.69) is 0 Å². The van der Waals surface area contributed by atoms with Gasteiger partial charge in [0.25, 0.3) is 0 Å². The topological polar surface area (TPSA) is 37.4 Å². The Morgan fingerprint density at radius 3 is 2.30 bits per heavy atom. The molecule has 1 heterocycles. The molecular weight excluding hydrogens is 328 g/mol. The van der Waals surface area contributed by atoms with Crippen LogP contribution in [0.15, 0.2) is 35.2 Å². The number of sulfonamides is 1. The van der Waals surface area contributed by atoms with Crippen molar-refractivity contribution in [2.24, 2.45) is 0 Å². The van der Waals surface area contributed by atoms with Gasteiger partial charge in [0.2, 0.25) is 10.0 Å². The minimum atomic E-state index is -3.96. The molecule has 0 amide bonds. The van der Waals surface area contributed by atoms with Crippen LogP contribution in [0.1, 0.15) is 4.88 Å². The molecular formula is C12H10ClF2NO2S2. The van der Waals surface area contributed by atoms with Crippen LogP contribution in [0, 0.1) is 11.6 Å². The van der Waals surface area contributed by atoms with Crippen LogP contribution in [-0.4, -0.2) is 19.8 Å². The summed E-state index contributed by atoms with van der Waals surface area (Å²) < 4.78 is 52.2. The molecule has 0 aliphatic heterocycles. The van der Waals surface area contributed by atoms with Gasteiger partial charge in [0.05, 0.1) is 9.23 Å². The molecule has 1 aromatic carbocycles. The maximum absolute atomic E-state index is 13.1. The SMILES string of the molecule is CN(Cc1ccc(Cl)s1)S(=O)(=O)c1cc(F)cc(F)c1. The van der Waals surface area contributed by atoms with Gasteiger partial charge in [-0.3, -0.25) is 0 Å². The first-order chi connectivity index (χ1) is 9.29. The van der Waals surface area contributed by atoms with Crippen LogP contribution in [-0.2, 0) is 16.6 Å². The minimum absolute atomic E-state index is 0.0812. The number of benzene rings is 1. The largest absolute Gasteiger partial charge is 0.243 e. The van der Waals surface area contributed by atoms with Crippen molar-refractivity contribution in [2.75, 3.05) is 7.05 Å². The fraction of sp³-hybridized carbons (Fsp3) is 0.167. The van der Waals surface area contributed by atoms with Crippen LogP contribution in [0.2, 0.25) is 4.34 Å². The first-order valence-electron chi connectivity index (χ1n) is 5.45. The summed E-state index contributed by atoms with van der Waals surface area (Å²) in [5, 5.41) is 0. The van der Waals surface area contributed by atoms with Gasteiger partial charge in [-0.05, 0) is 24.3 Å². The van der Waals surface area contributed by atoms with Gasteiger partial charge in [0.1, 0.15) is 11.6 Å². The van der Waals surface area contributed by atoms with E-state index in [1.165, 1.54) is 18.4 Å². The van der Waals surface area contributed by atoms with Crippen molar-refractivity contribution < 1.29 is 17.2 Å². The van der Waals surface area contributed by atoms with E-state index < -0.39 is 26.6 Å². The molecule has 2 rings (SSSR count). The third-order valence-electron chi connectivity index (χ3n) is 2.55. The lowest BCUT2D eigenvalue weighted by Crippen LogP contribution is -2.26. The van der Waals surface area contributed by atoms with Crippen LogP contribution in [0.25, 0.3) is 0 Å². The highest BCUT2D eigenvalue weighted by Crippen LogP contribution is 2.25. The third kappa shape index (κ3) is 3.35. The molecule has 0 atom stereocenters. The standard InChI is InChI=1S/C12H10ClF2NO2S2/c1-16(7-10-2-3-12(13)19-10)20(17,18)11-5-8(14)4-9(15)6-11/h2-6H,7H2,1H3. The van der Waals surface area contributed by atoms with E-state index in [0.717, 1.165) is 21.3 Å². The Hall–Kier alpha value is -1.02. The molecule has 0 radical (unpaired) electrons. The van der Waals surface area contributed by atoms with Gasteiger partial charge in [-0.2, -0.15) is 4.31 Å². The maximum Gasteiger partial charge on any atom is 0.243 e. The van der Waals surface area contributed by atoms with Crippen LogP contribution in [0.5, 0.6) is 0 Å². The third-order valence-corrected chi connectivity index (χ3v) is 5.55. The number of thiophene rings is 1. The van der Waals surface area contributed by atoms with Gasteiger partial charge in [0, 0.05) is 24.5 Å². The van der Waals surface area contributed by atoms with Gasteiger partial charge >= 0.3 is 0 Å². The molecule has 0 unspecified atom stereocenters.